The highest BCUT2D eigenvalue weighted by molar-refractivity contribution is 6.12. The van der Waals surface area contributed by atoms with Crippen LogP contribution in [0.3, 0.4) is 0 Å². The molecule has 0 unspecified atom stereocenters. The van der Waals surface area contributed by atoms with Crippen LogP contribution in [0.5, 0.6) is 5.75 Å². The molecular formula is C31H26N2O4. The molecule has 3 aromatic carbocycles. The van der Waals surface area contributed by atoms with Crippen molar-refractivity contribution < 1.29 is 18.7 Å². The first-order valence-electron chi connectivity index (χ1n) is 12.3. The summed E-state index contributed by atoms with van der Waals surface area (Å²) in [7, 11) is 1.59. The molecule has 184 valence electrons. The highest BCUT2D eigenvalue weighted by Crippen LogP contribution is 2.47. The summed E-state index contributed by atoms with van der Waals surface area (Å²) in [5.41, 5.74) is 4.32. The van der Waals surface area contributed by atoms with Gasteiger partial charge in [0, 0.05) is 29.2 Å². The molecule has 2 aliphatic rings. The molecule has 1 aliphatic carbocycles. The van der Waals surface area contributed by atoms with Gasteiger partial charge in [-0.15, -0.1) is 0 Å². The number of ether oxygens (including phenoxy) is 1. The maximum absolute atomic E-state index is 14.2. The molecule has 6 rings (SSSR count). The van der Waals surface area contributed by atoms with E-state index in [1.54, 1.807) is 42.5 Å². The zero-order valence-electron chi connectivity index (χ0n) is 20.4. The van der Waals surface area contributed by atoms with Crippen molar-refractivity contribution in [1.29, 1.82) is 0 Å². The lowest BCUT2D eigenvalue weighted by Crippen LogP contribution is -2.38. The summed E-state index contributed by atoms with van der Waals surface area (Å²) in [6.45, 7) is 0. The number of nitrogens with zero attached hydrogens (tertiary/aromatic N) is 1. The van der Waals surface area contributed by atoms with Gasteiger partial charge < -0.3 is 14.5 Å². The first kappa shape index (κ1) is 22.9. The van der Waals surface area contributed by atoms with Gasteiger partial charge in [-0.05, 0) is 60.5 Å². The van der Waals surface area contributed by atoms with E-state index in [2.05, 4.69) is 5.32 Å². The number of ketones is 1. The fourth-order valence-electron chi connectivity index (χ4n) is 5.36. The zero-order valence-corrected chi connectivity index (χ0v) is 20.4. The van der Waals surface area contributed by atoms with Crippen LogP contribution in [0.15, 0.2) is 113 Å². The standard InChI is InChI=1S/C31H26N2O4/c1-36-23-15-13-21(14-16-23)31(35)33-26-11-6-5-10-24(26)32-25-18-22(28-12-7-17-37-28)19-27(34)29(25)30(33)20-8-3-2-4-9-20/h2-17,22,30,32H,18-19H2,1H3/t22-,30+/m0/s1. The molecule has 2 atom stereocenters. The van der Waals surface area contributed by atoms with Crippen LogP contribution in [-0.4, -0.2) is 18.8 Å². The molecule has 1 N–H and O–H groups in total. The summed E-state index contributed by atoms with van der Waals surface area (Å²) in [5, 5.41) is 3.54. The summed E-state index contributed by atoms with van der Waals surface area (Å²) in [6, 6.07) is 27.7. The third kappa shape index (κ3) is 4.10. The zero-order chi connectivity index (χ0) is 25.4. The van der Waals surface area contributed by atoms with Crippen molar-refractivity contribution in [3.8, 4) is 5.75 Å². The maximum Gasteiger partial charge on any atom is 0.259 e. The maximum atomic E-state index is 14.2. The van der Waals surface area contributed by atoms with Gasteiger partial charge in [-0.1, -0.05) is 42.5 Å². The number of para-hydroxylation sites is 2. The number of fused-ring (bicyclic) bond motifs is 1. The van der Waals surface area contributed by atoms with E-state index >= 15 is 0 Å². The number of furan rings is 1. The molecule has 1 aromatic heterocycles. The Morgan fingerprint density at radius 1 is 0.919 bits per heavy atom. The fourth-order valence-corrected chi connectivity index (χ4v) is 5.36. The number of nitrogens with one attached hydrogen (secondary N) is 1. The molecule has 0 saturated heterocycles. The Morgan fingerprint density at radius 2 is 1.68 bits per heavy atom. The first-order chi connectivity index (χ1) is 18.1. The topological polar surface area (TPSA) is 71.8 Å². The molecule has 1 amide bonds. The van der Waals surface area contributed by atoms with Crippen molar-refractivity contribution >= 4 is 23.1 Å². The van der Waals surface area contributed by atoms with Crippen molar-refractivity contribution in [2.45, 2.75) is 24.8 Å². The number of carbonyl (C=O) groups excluding carboxylic acids is 2. The number of carbonyl (C=O) groups is 2. The Bertz CT molecular complexity index is 1470. The van der Waals surface area contributed by atoms with E-state index in [0.29, 0.717) is 35.4 Å². The molecule has 4 aromatic rings. The minimum atomic E-state index is -0.591. The van der Waals surface area contributed by atoms with Crippen molar-refractivity contribution in [2.24, 2.45) is 0 Å². The number of anilines is 2. The largest absolute Gasteiger partial charge is 0.497 e. The normalized spacial score (nSPS) is 18.9. The summed E-state index contributed by atoms with van der Waals surface area (Å²) in [4.78, 5) is 29.9. The van der Waals surface area contributed by atoms with Gasteiger partial charge in [0.25, 0.3) is 5.91 Å². The third-order valence-corrected chi connectivity index (χ3v) is 7.11. The van der Waals surface area contributed by atoms with Gasteiger partial charge >= 0.3 is 0 Å². The van der Waals surface area contributed by atoms with E-state index in [4.69, 9.17) is 9.15 Å². The van der Waals surface area contributed by atoms with Gasteiger partial charge in [0.05, 0.1) is 30.8 Å². The Morgan fingerprint density at radius 3 is 2.41 bits per heavy atom. The van der Waals surface area contributed by atoms with E-state index in [0.717, 1.165) is 22.7 Å². The van der Waals surface area contributed by atoms with Crippen molar-refractivity contribution in [2.75, 3.05) is 17.3 Å². The SMILES string of the molecule is COc1ccc(C(=O)N2c3ccccc3NC3=C(C(=O)C[C@@H](c4ccco4)C3)[C@H]2c2ccccc2)cc1. The summed E-state index contributed by atoms with van der Waals surface area (Å²) in [5.74, 6) is 1.21. The van der Waals surface area contributed by atoms with Crippen LogP contribution in [0.2, 0.25) is 0 Å². The van der Waals surface area contributed by atoms with Crippen LogP contribution in [-0.2, 0) is 4.79 Å². The number of Topliss-reactive ketones (excluding diaryl/α,β-unsaturated/α-hetero) is 1. The highest BCUT2D eigenvalue weighted by atomic mass is 16.5. The molecule has 1 aliphatic heterocycles. The quantitative estimate of drug-likeness (QED) is 0.353. The molecule has 6 nitrogen and oxygen atoms in total. The molecule has 0 bridgehead atoms. The molecule has 0 radical (unpaired) electrons. The van der Waals surface area contributed by atoms with Crippen LogP contribution in [0.25, 0.3) is 0 Å². The average molecular weight is 491 g/mol. The minimum absolute atomic E-state index is 0.00402. The Balaban J connectivity index is 1.55. The number of hydrogen-bond donors (Lipinski definition) is 1. The van der Waals surface area contributed by atoms with Crippen LogP contribution in [0, 0.1) is 0 Å². The van der Waals surface area contributed by atoms with Gasteiger partial charge in [-0.3, -0.25) is 14.5 Å². The second kappa shape index (κ2) is 9.47. The molecule has 0 fully saturated rings. The predicted octanol–water partition coefficient (Wildman–Crippen LogP) is 6.50. The van der Waals surface area contributed by atoms with Crippen molar-refractivity contribution in [1.82, 2.24) is 0 Å². The second-order valence-corrected chi connectivity index (χ2v) is 9.30. The van der Waals surface area contributed by atoms with Gasteiger partial charge in [0.1, 0.15) is 11.5 Å². The number of rotatable bonds is 4. The Hall–Kier alpha value is -4.58. The lowest BCUT2D eigenvalue weighted by Gasteiger charge is -2.35. The highest BCUT2D eigenvalue weighted by Gasteiger charge is 2.42. The van der Waals surface area contributed by atoms with Gasteiger partial charge in [-0.2, -0.15) is 0 Å². The summed E-state index contributed by atoms with van der Waals surface area (Å²) < 4.78 is 11.0. The molecule has 0 saturated carbocycles. The summed E-state index contributed by atoms with van der Waals surface area (Å²) in [6.07, 6.45) is 2.57. The molecule has 0 spiro atoms. The summed E-state index contributed by atoms with van der Waals surface area (Å²) >= 11 is 0. The number of hydrogen-bond acceptors (Lipinski definition) is 5. The van der Waals surface area contributed by atoms with Gasteiger partial charge in [0.15, 0.2) is 5.78 Å². The predicted molar refractivity (Wildman–Crippen MR) is 142 cm³/mol. The molecule has 2 heterocycles. The van der Waals surface area contributed by atoms with Gasteiger partial charge in [-0.25, -0.2) is 0 Å². The van der Waals surface area contributed by atoms with Crippen molar-refractivity contribution in [3.63, 3.8) is 0 Å². The number of benzene rings is 3. The average Bonchev–Trinajstić information content (AvgIpc) is 3.43. The first-order valence-corrected chi connectivity index (χ1v) is 12.3. The van der Waals surface area contributed by atoms with Gasteiger partial charge in [0.2, 0.25) is 0 Å². The fraction of sp³-hybridized carbons (Fsp3) is 0.161. The van der Waals surface area contributed by atoms with Crippen LogP contribution in [0.4, 0.5) is 11.4 Å². The number of allylic oxidation sites excluding steroid dienone is 1. The second-order valence-electron chi connectivity index (χ2n) is 9.30. The van der Waals surface area contributed by atoms with Crippen LogP contribution in [0.1, 0.15) is 46.5 Å². The third-order valence-electron chi connectivity index (χ3n) is 7.11. The van der Waals surface area contributed by atoms with E-state index in [1.807, 2.05) is 66.7 Å². The van der Waals surface area contributed by atoms with E-state index in [-0.39, 0.29) is 17.6 Å². The number of methoxy groups -OCH3 is 1. The monoisotopic (exact) mass is 490 g/mol. The molecule has 37 heavy (non-hydrogen) atoms. The van der Waals surface area contributed by atoms with Crippen molar-refractivity contribution in [3.05, 3.63) is 125 Å². The van der Waals surface area contributed by atoms with E-state index < -0.39 is 6.04 Å². The van der Waals surface area contributed by atoms with Crippen LogP contribution < -0.4 is 15.0 Å². The van der Waals surface area contributed by atoms with E-state index in [1.165, 1.54) is 0 Å². The lowest BCUT2D eigenvalue weighted by atomic mass is 9.80. The lowest BCUT2D eigenvalue weighted by molar-refractivity contribution is -0.116. The Kier molecular flexibility index (Phi) is 5.85. The molecule has 6 heteroatoms. The van der Waals surface area contributed by atoms with Crippen LogP contribution >= 0.6 is 0 Å². The Labute approximate surface area is 215 Å². The van der Waals surface area contributed by atoms with E-state index in [9.17, 15) is 9.59 Å². The minimum Gasteiger partial charge on any atom is -0.497 e. The number of amides is 1. The molecular weight excluding hydrogens is 464 g/mol. The smallest absolute Gasteiger partial charge is 0.259 e.